The zero-order chi connectivity index (χ0) is 14.9. The van der Waals surface area contributed by atoms with Crippen molar-refractivity contribution < 1.29 is 13.2 Å². The van der Waals surface area contributed by atoms with Gasteiger partial charge >= 0.3 is 0 Å². The summed E-state index contributed by atoms with van der Waals surface area (Å²) in [7, 11) is -2.97. The Kier molecular flexibility index (Phi) is 4.84. The molecule has 0 aromatic heterocycles. The van der Waals surface area contributed by atoms with E-state index in [4.69, 9.17) is 33.7 Å². The molecule has 4 nitrogen and oxygen atoms in total. The Hall–Kier alpha value is -0.490. The normalized spacial score (nSPS) is 22.7. The largest absolute Gasteiger partial charge is 0.492 e. The number of rotatable bonds is 4. The van der Waals surface area contributed by atoms with Crippen molar-refractivity contribution in [2.45, 2.75) is 19.4 Å². The molecule has 0 saturated carbocycles. The average Bonchev–Trinajstić information content (AvgIpc) is 2.73. The van der Waals surface area contributed by atoms with Gasteiger partial charge in [-0.1, -0.05) is 23.2 Å². The first-order valence-electron chi connectivity index (χ1n) is 6.42. The van der Waals surface area contributed by atoms with E-state index in [1.807, 2.05) is 6.92 Å². The number of hydrogen-bond donors (Lipinski definition) is 1. The SMILES string of the molecule is CCOc1cc(Cl)c(C(N)C2CCS(=O)(=O)C2)cc1Cl. The van der Waals surface area contributed by atoms with Crippen LogP contribution in [0.5, 0.6) is 5.75 Å². The Morgan fingerprint density at radius 1 is 1.40 bits per heavy atom. The van der Waals surface area contributed by atoms with E-state index in [1.54, 1.807) is 12.1 Å². The molecule has 0 aliphatic carbocycles. The monoisotopic (exact) mass is 337 g/mol. The lowest BCUT2D eigenvalue weighted by Crippen LogP contribution is -2.23. The van der Waals surface area contributed by atoms with Gasteiger partial charge in [-0.2, -0.15) is 0 Å². The molecule has 0 bridgehead atoms. The topological polar surface area (TPSA) is 69.4 Å². The predicted molar refractivity (Wildman–Crippen MR) is 81.3 cm³/mol. The maximum absolute atomic E-state index is 11.5. The second-order valence-corrected chi connectivity index (χ2v) is 7.97. The van der Waals surface area contributed by atoms with Gasteiger partial charge in [-0.25, -0.2) is 8.42 Å². The van der Waals surface area contributed by atoms with Crippen molar-refractivity contribution in [3.63, 3.8) is 0 Å². The summed E-state index contributed by atoms with van der Waals surface area (Å²) >= 11 is 12.3. The molecule has 112 valence electrons. The third-order valence-electron chi connectivity index (χ3n) is 3.49. The number of benzene rings is 1. The van der Waals surface area contributed by atoms with Gasteiger partial charge in [0, 0.05) is 17.1 Å². The van der Waals surface area contributed by atoms with Crippen LogP contribution in [-0.4, -0.2) is 26.5 Å². The Bertz CT molecular complexity index is 604. The van der Waals surface area contributed by atoms with Crippen molar-refractivity contribution in [3.8, 4) is 5.75 Å². The fourth-order valence-electron chi connectivity index (χ4n) is 2.43. The van der Waals surface area contributed by atoms with Crippen molar-refractivity contribution in [1.29, 1.82) is 0 Å². The predicted octanol–water partition coefficient (Wildman–Crippen LogP) is 2.83. The van der Waals surface area contributed by atoms with Gasteiger partial charge in [-0.05, 0) is 30.9 Å². The highest BCUT2D eigenvalue weighted by atomic mass is 35.5. The molecule has 1 aromatic rings. The molecule has 2 N–H and O–H groups in total. The van der Waals surface area contributed by atoms with Crippen LogP contribution in [0.3, 0.4) is 0 Å². The second-order valence-electron chi connectivity index (χ2n) is 4.93. The lowest BCUT2D eigenvalue weighted by molar-refractivity contribution is 0.340. The van der Waals surface area contributed by atoms with Crippen molar-refractivity contribution in [2.75, 3.05) is 18.1 Å². The molecule has 1 aliphatic rings. The maximum Gasteiger partial charge on any atom is 0.150 e. The van der Waals surface area contributed by atoms with Crippen molar-refractivity contribution in [3.05, 3.63) is 27.7 Å². The van der Waals surface area contributed by atoms with Crippen molar-refractivity contribution in [2.24, 2.45) is 11.7 Å². The van der Waals surface area contributed by atoms with Gasteiger partial charge in [0.1, 0.15) is 5.75 Å². The summed E-state index contributed by atoms with van der Waals surface area (Å²) in [6.45, 7) is 2.34. The van der Waals surface area contributed by atoms with Crippen molar-refractivity contribution >= 4 is 33.0 Å². The second kappa shape index (κ2) is 6.10. The number of sulfone groups is 1. The van der Waals surface area contributed by atoms with Gasteiger partial charge in [-0.3, -0.25) is 0 Å². The van der Waals surface area contributed by atoms with E-state index in [2.05, 4.69) is 0 Å². The minimum absolute atomic E-state index is 0.106. The summed E-state index contributed by atoms with van der Waals surface area (Å²) in [5.41, 5.74) is 6.84. The van der Waals surface area contributed by atoms with Crippen LogP contribution in [0.1, 0.15) is 24.9 Å². The fourth-order valence-corrected chi connectivity index (χ4v) is 4.79. The first-order chi connectivity index (χ1) is 9.34. The summed E-state index contributed by atoms with van der Waals surface area (Å²) in [6, 6.07) is 2.87. The average molecular weight is 338 g/mol. The summed E-state index contributed by atoms with van der Waals surface area (Å²) < 4.78 is 28.4. The molecule has 0 amide bonds. The van der Waals surface area contributed by atoms with E-state index in [0.717, 1.165) is 0 Å². The lowest BCUT2D eigenvalue weighted by atomic mass is 9.93. The van der Waals surface area contributed by atoms with E-state index >= 15 is 0 Å². The molecule has 2 rings (SSSR count). The lowest BCUT2D eigenvalue weighted by Gasteiger charge is -2.20. The maximum atomic E-state index is 11.5. The van der Waals surface area contributed by atoms with E-state index in [9.17, 15) is 8.42 Å². The summed E-state index contributed by atoms with van der Waals surface area (Å²) in [5.74, 6) is 0.684. The van der Waals surface area contributed by atoms with Crippen LogP contribution in [0.4, 0.5) is 0 Å². The minimum Gasteiger partial charge on any atom is -0.492 e. The number of hydrogen-bond acceptors (Lipinski definition) is 4. The van der Waals surface area contributed by atoms with Crippen LogP contribution >= 0.6 is 23.2 Å². The van der Waals surface area contributed by atoms with Gasteiger partial charge < -0.3 is 10.5 Å². The molecule has 0 radical (unpaired) electrons. The molecule has 1 fully saturated rings. The first-order valence-corrected chi connectivity index (χ1v) is 8.99. The summed E-state index contributed by atoms with van der Waals surface area (Å²) in [4.78, 5) is 0. The number of halogens is 2. The molecule has 7 heteroatoms. The van der Waals surface area contributed by atoms with Crippen LogP contribution in [0, 0.1) is 5.92 Å². The van der Waals surface area contributed by atoms with Crippen LogP contribution in [0.25, 0.3) is 0 Å². The first kappa shape index (κ1) is 15.9. The highest BCUT2D eigenvalue weighted by Crippen LogP contribution is 2.38. The fraction of sp³-hybridized carbons (Fsp3) is 0.538. The molecule has 20 heavy (non-hydrogen) atoms. The molecule has 2 unspecified atom stereocenters. The molecule has 1 heterocycles. The third-order valence-corrected chi connectivity index (χ3v) is 5.90. The smallest absolute Gasteiger partial charge is 0.150 e. The molecule has 1 saturated heterocycles. The Balaban J connectivity index is 2.26. The van der Waals surface area contributed by atoms with E-state index in [1.165, 1.54) is 0 Å². The number of nitrogens with two attached hydrogens (primary N) is 1. The quantitative estimate of drug-likeness (QED) is 0.917. The van der Waals surface area contributed by atoms with Crippen LogP contribution in [-0.2, 0) is 9.84 Å². The Labute approximate surface area is 129 Å². The Morgan fingerprint density at radius 3 is 2.65 bits per heavy atom. The van der Waals surface area contributed by atoms with E-state index in [0.29, 0.717) is 34.4 Å². The zero-order valence-electron chi connectivity index (χ0n) is 11.1. The molecular formula is C13H17Cl2NO3S. The van der Waals surface area contributed by atoms with Crippen LogP contribution in [0.15, 0.2) is 12.1 Å². The standard InChI is InChI=1S/C13H17Cl2NO3S/c1-2-19-12-6-10(14)9(5-11(12)15)13(16)8-3-4-20(17,18)7-8/h5-6,8,13H,2-4,7,16H2,1H3. The van der Waals surface area contributed by atoms with Gasteiger partial charge in [0.05, 0.1) is 23.1 Å². The highest BCUT2D eigenvalue weighted by Gasteiger charge is 2.33. The van der Waals surface area contributed by atoms with E-state index in [-0.39, 0.29) is 17.4 Å². The van der Waals surface area contributed by atoms with Crippen molar-refractivity contribution in [1.82, 2.24) is 0 Å². The minimum atomic E-state index is -2.97. The third kappa shape index (κ3) is 3.39. The molecule has 1 aliphatic heterocycles. The van der Waals surface area contributed by atoms with Gasteiger partial charge in [-0.15, -0.1) is 0 Å². The Morgan fingerprint density at radius 2 is 2.10 bits per heavy atom. The molecule has 0 spiro atoms. The molecular weight excluding hydrogens is 321 g/mol. The van der Waals surface area contributed by atoms with Gasteiger partial charge in [0.2, 0.25) is 0 Å². The molecule has 2 atom stereocenters. The summed E-state index contributed by atoms with van der Waals surface area (Å²) in [6.07, 6.45) is 0.560. The van der Waals surface area contributed by atoms with E-state index < -0.39 is 15.9 Å². The zero-order valence-corrected chi connectivity index (χ0v) is 13.4. The van der Waals surface area contributed by atoms with Crippen LogP contribution < -0.4 is 10.5 Å². The summed E-state index contributed by atoms with van der Waals surface area (Å²) in [5, 5.41) is 0.886. The van der Waals surface area contributed by atoms with Gasteiger partial charge in [0.25, 0.3) is 0 Å². The van der Waals surface area contributed by atoms with Crippen LogP contribution in [0.2, 0.25) is 10.0 Å². The van der Waals surface area contributed by atoms with Gasteiger partial charge in [0.15, 0.2) is 9.84 Å². The molecule has 1 aromatic carbocycles. The highest BCUT2D eigenvalue weighted by molar-refractivity contribution is 7.91. The number of ether oxygens (including phenoxy) is 1.